The standard InChI is InChI=1S/C18H24N2OS4/c1-3-11-19-17(9-1)24-22-15-7-5-13-21-14-6-8-16-23-25-18-10-2-4-12-20-18/h1-4,9-12H,5-8,13-16H2. The van der Waals surface area contributed by atoms with Crippen LogP contribution in [0.2, 0.25) is 0 Å². The van der Waals surface area contributed by atoms with E-state index in [4.69, 9.17) is 4.74 Å². The number of nitrogens with zero attached hydrogens (tertiary/aromatic N) is 2. The van der Waals surface area contributed by atoms with E-state index >= 15 is 0 Å². The third-order valence-corrected chi connectivity index (χ3v) is 7.80. The van der Waals surface area contributed by atoms with E-state index in [-0.39, 0.29) is 0 Å². The van der Waals surface area contributed by atoms with E-state index in [1.54, 1.807) is 21.6 Å². The van der Waals surface area contributed by atoms with Crippen LogP contribution in [0.3, 0.4) is 0 Å². The van der Waals surface area contributed by atoms with Crippen LogP contribution in [0.5, 0.6) is 0 Å². The number of ether oxygens (including phenoxy) is 1. The third-order valence-electron chi connectivity index (χ3n) is 3.10. The van der Waals surface area contributed by atoms with E-state index in [0.29, 0.717) is 0 Å². The zero-order valence-corrected chi connectivity index (χ0v) is 17.5. The maximum absolute atomic E-state index is 5.71. The zero-order chi connectivity index (χ0) is 17.4. The lowest BCUT2D eigenvalue weighted by atomic mass is 10.3. The van der Waals surface area contributed by atoms with Gasteiger partial charge in [-0.25, -0.2) is 9.97 Å². The summed E-state index contributed by atoms with van der Waals surface area (Å²) in [6.45, 7) is 1.76. The first kappa shape index (κ1) is 21.0. The van der Waals surface area contributed by atoms with Crippen molar-refractivity contribution in [2.75, 3.05) is 24.7 Å². The molecule has 0 bridgehead atoms. The molecule has 0 amide bonds. The summed E-state index contributed by atoms with van der Waals surface area (Å²) < 4.78 is 5.71. The Bertz CT molecular complexity index is 496. The molecule has 136 valence electrons. The van der Waals surface area contributed by atoms with Gasteiger partial charge in [0.15, 0.2) is 0 Å². The summed E-state index contributed by atoms with van der Waals surface area (Å²) in [6, 6.07) is 12.1. The minimum atomic E-state index is 0.880. The maximum atomic E-state index is 5.71. The van der Waals surface area contributed by atoms with Crippen LogP contribution < -0.4 is 0 Å². The van der Waals surface area contributed by atoms with Crippen LogP contribution in [0, 0.1) is 0 Å². The van der Waals surface area contributed by atoms with E-state index in [9.17, 15) is 0 Å². The number of rotatable bonds is 14. The molecule has 0 aromatic carbocycles. The van der Waals surface area contributed by atoms with Crippen molar-refractivity contribution in [3.8, 4) is 0 Å². The van der Waals surface area contributed by atoms with E-state index in [1.165, 1.54) is 12.8 Å². The first-order valence-corrected chi connectivity index (χ1v) is 13.1. The largest absolute Gasteiger partial charge is 0.381 e. The van der Waals surface area contributed by atoms with Crippen molar-refractivity contribution in [3.63, 3.8) is 0 Å². The summed E-state index contributed by atoms with van der Waals surface area (Å²) in [4.78, 5) is 8.59. The first-order chi connectivity index (χ1) is 12.4. The normalized spacial score (nSPS) is 10.9. The minimum absolute atomic E-state index is 0.880. The molecule has 0 saturated carbocycles. The van der Waals surface area contributed by atoms with Crippen molar-refractivity contribution in [3.05, 3.63) is 48.8 Å². The lowest BCUT2D eigenvalue weighted by Crippen LogP contribution is -1.98. The van der Waals surface area contributed by atoms with Crippen LogP contribution in [-0.2, 0) is 4.74 Å². The van der Waals surface area contributed by atoms with Crippen molar-refractivity contribution < 1.29 is 4.74 Å². The Morgan fingerprint density at radius 2 is 1.20 bits per heavy atom. The molecule has 0 aliphatic heterocycles. The van der Waals surface area contributed by atoms with Gasteiger partial charge in [-0.05, 0) is 71.5 Å². The molecule has 25 heavy (non-hydrogen) atoms. The highest BCUT2D eigenvalue weighted by molar-refractivity contribution is 8.77. The van der Waals surface area contributed by atoms with E-state index in [2.05, 4.69) is 9.97 Å². The topological polar surface area (TPSA) is 35.0 Å². The fourth-order valence-corrected chi connectivity index (χ4v) is 5.88. The van der Waals surface area contributed by atoms with Gasteiger partial charge < -0.3 is 4.74 Å². The summed E-state index contributed by atoms with van der Waals surface area (Å²) in [6.07, 6.45) is 8.35. The van der Waals surface area contributed by atoms with Crippen molar-refractivity contribution in [2.45, 2.75) is 35.7 Å². The van der Waals surface area contributed by atoms with Gasteiger partial charge in [0.05, 0.1) is 0 Å². The second kappa shape index (κ2) is 14.8. The Balaban J connectivity index is 1.30. The Kier molecular flexibility index (Phi) is 12.4. The second-order valence-electron chi connectivity index (χ2n) is 5.17. The van der Waals surface area contributed by atoms with Gasteiger partial charge in [0.25, 0.3) is 0 Å². The lowest BCUT2D eigenvalue weighted by molar-refractivity contribution is 0.129. The number of hydrogen-bond acceptors (Lipinski definition) is 7. The van der Waals surface area contributed by atoms with Crippen LogP contribution in [0.1, 0.15) is 25.7 Å². The van der Waals surface area contributed by atoms with E-state index in [0.717, 1.165) is 47.6 Å². The Hall–Kier alpha value is -0.340. The number of hydrogen-bond donors (Lipinski definition) is 0. The summed E-state index contributed by atoms with van der Waals surface area (Å²) >= 11 is 0. The Morgan fingerprint density at radius 1 is 0.680 bits per heavy atom. The molecular weight excluding hydrogens is 388 g/mol. The fraction of sp³-hybridized carbons (Fsp3) is 0.444. The molecule has 2 aromatic rings. The number of unbranched alkanes of at least 4 members (excludes halogenated alkanes) is 2. The van der Waals surface area contributed by atoms with Crippen LogP contribution in [0.4, 0.5) is 0 Å². The van der Waals surface area contributed by atoms with Gasteiger partial charge in [-0.1, -0.05) is 33.7 Å². The molecular formula is C18H24N2OS4. The summed E-state index contributed by atoms with van der Waals surface area (Å²) in [5.41, 5.74) is 0. The molecule has 2 aromatic heterocycles. The van der Waals surface area contributed by atoms with Crippen LogP contribution in [0.15, 0.2) is 58.8 Å². The van der Waals surface area contributed by atoms with Gasteiger partial charge >= 0.3 is 0 Å². The molecule has 2 rings (SSSR count). The van der Waals surface area contributed by atoms with Gasteiger partial charge in [0.2, 0.25) is 0 Å². The molecule has 0 radical (unpaired) electrons. The average molecular weight is 413 g/mol. The maximum Gasteiger partial charge on any atom is 0.106 e. The molecule has 3 nitrogen and oxygen atoms in total. The summed E-state index contributed by atoms with van der Waals surface area (Å²) in [5, 5.41) is 2.17. The van der Waals surface area contributed by atoms with E-state index in [1.807, 2.05) is 70.4 Å². The van der Waals surface area contributed by atoms with Gasteiger partial charge in [0, 0.05) is 37.1 Å². The van der Waals surface area contributed by atoms with Gasteiger partial charge in [-0.3, -0.25) is 0 Å². The zero-order valence-electron chi connectivity index (χ0n) is 14.2. The monoisotopic (exact) mass is 412 g/mol. The molecule has 0 saturated heterocycles. The van der Waals surface area contributed by atoms with E-state index < -0.39 is 0 Å². The van der Waals surface area contributed by atoms with Crippen LogP contribution in [-0.4, -0.2) is 34.7 Å². The minimum Gasteiger partial charge on any atom is -0.381 e. The third kappa shape index (κ3) is 11.1. The van der Waals surface area contributed by atoms with Crippen molar-refractivity contribution in [1.82, 2.24) is 9.97 Å². The molecule has 0 aliphatic carbocycles. The quantitative estimate of drug-likeness (QED) is 0.268. The van der Waals surface area contributed by atoms with Crippen molar-refractivity contribution in [1.29, 1.82) is 0 Å². The first-order valence-electron chi connectivity index (χ1n) is 8.44. The second-order valence-corrected chi connectivity index (χ2v) is 10.0. The highest BCUT2D eigenvalue weighted by Crippen LogP contribution is 2.30. The molecule has 0 aliphatic rings. The molecule has 0 fully saturated rings. The highest BCUT2D eigenvalue weighted by Gasteiger charge is 1.97. The smallest absolute Gasteiger partial charge is 0.106 e. The molecule has 2 heterocycles. The SMILES string of the molecule is c1ccc(SSCCCCOCCCCSSc2ccccn2)nc1. The average Bonchev–Trinajstić information content (AvgIpc) is 2.67. The number of aromatic nitrogens is 2. The summed E-state index contributed by atoms with van der Waals surface area (Å²) in [5.74, 6) is 2.29. The summed E-state index contributed by atoms with van der Waals surface area (Å²) in [7, 11) is 7.25. The number of pyridine rings is 2. The molecule has 0 spiro atoms. The molecule has 0 unspecified atom stereocenters. The van der Waals surface area contributed by atoms with Gasteiger partial charge in [-0.2, -0.15) is 0 Å². The van der Waals surface area contributed by atoms with Crippen LogP contribution in [0.25, 0.3) is 0 Å². The predicted molar refractivity (Wildman–Crippen MR) is 114 cm³/mol. The highest BCUT2D eigenvalue weighted by atomic mass is 33.1. The fourth-order valence-electron chi connectivity index (χ4n) is 1.83. The van der Waals surface area contributed by atoms with Gasteiger partial charge in [-0.15, -0.1) is 0 Å². The molecule has 0 atom stereocenters. The Morgan fingerprint density at radius 3 is 1.64 bits per heavy atom. The van der Waals surface area contributed by atoms with Crippen LogP contribution >= 0.6 is 43.2 Å². The molecule has 7 heteroatoms. The Labute approximate surface area is 166 Å². The van der Waals surface area contributed by atoms with Gasteiger partial charge in [0.1, 0.15) is 10.1 Å². The van der Waals surface area contributed by atoms with Crippen molar-refractivity contribution >= 4 is 43.2 Å². The molecule has 0 N–H and O–H groups in total. The predicted octanol–water partition coefficient (Wildman–Crippen LogP) is 6.23. The van der Waals surface area contributed by atoms with Crippen molar-refractivity contribution in [2.24, 2.45) is 0 Å². The lowest BCUT2D eigenvalue weighted by Gasteiger charge is -2.04.